The Bertz CT molecular complexity index is 1220. The van der Waals surface area contributed by atoms with Crippen molar-refractivity contribution in [3.05, 3.63) is 76.6 Å². The largest absolute Gasteiger partial charge is 0.394 e. The van der Waals surface area contributed by atoms with Gasteiger partial charge in [-0.3, -0.25) is 9.79 Å². The molecule has 0 fully saturated rings. The predicted octanol–water partition coefficient (Wildman–Crippen LogP) is 2.11. The lowest BCUT2D eigenvalue weighted by Gasteiger charge is -2.28. The van der Waals surface area contributed by atoms with Gasteiger partial charge in [-0.15, -0.1) is 0 Å². The molecular formula is C24H25FN6O2. The number of carbonyl (C=O) groups excluding carboxylic acids is 1. The zero-order valence-corrected chi connectivity index (χ0v) is 18.3. The Kier molecular flexibility index (Phi) is 5.74. The summed E-state index contributed by atoms with van der Waals surface area (Å²) in [6, 6.07) is 11.0. The number of rotatable bonds is 6. The van der Waals surface area contributed by atoms with Gasteiger partial charge in [-0.2, -0.15) is 5.10 Å². The van der Waals surface area contributed by atoms with Crippen molar-refractivity contribution in [2.75, 3.05) is 32.1 Å². The molecule has 33 heavy (non-hydrogen) atoms. The van der Waals surface area contributed by atoms with Gasteiger partial charge >= 0.3 is 0 Å². The van der Waals surface area contributed by atoms with Crippen LogP contribution in [-0.4, -0.2) is 58.1 Å². The van der Waals surface area contributed by atoms with Gasteiger partial charge in [0.05, 0.1) is 24.8 Å². The van der Waals surface area contributed by atoms with Gasteiger partial charge in [0.2, 0.25) is 0 Å². The van der Waals surface area contributed by atoms with Gasteiger partial charge in [0.25, 0.3) is 0 Å². The molecule has 0 bridgehead atoms. The monoisotopic (exact) mass is 448 g/mol. The molecule has 3 heterocycles. The molecule has 9 heteroatoms. The number of aliphatic hydroxyl groups is 1. The second kappa shape index (κ2) is 8.84. The summed E-state index contributed by atoms with van der Waals surface area (Å²) in [7, 11) is 1.91. The van der Waals surface area contributed by atoms with Crippen LogP contribution in [0.25, 0.3) is 0 Å². The minimum absolute atomic E-state index is 0.0380. The number of hydrogen-bond acceptors (Lipinski definition) is 7. The van der Waals surface area contributed by atoms with Crippen molar-refractivity contribution < 1.29 is 14.3 Å². The van der Waals surface area contributed by atoms with Gasteiger partial charge in [0.15, 0.2) is 5.78 Å². The number of aromatic nitrogens is 3. The Morgan fingerprint density at radius 1 is 1.27 bits per heavy atom. The molecular weight excluding hydrogens is 423 g/mol. The maximum absolute atomic E-state index is 14.4. The predicted molar refractivity (Wildman–Crippen MR) is 122 cm³/mol. The van der Waals surface area contributed by atoms with E-state index in [0.717, 1.165) is 17.7 Å². The van der Waals surface area contributed by atoms with Gasteiger partial charge in [0.1, 0.15) is 24.5 Å². The van der Waals surface area contributed by atoms with E-state index in [1.807, 2.05) is 7.05 Å². The molecule has 1 aromatic heterocycles. The highest BCUT2D eigenvalue weighted by Crippen LogP contribution is 2.42. The van der Waals surface area contributed by atoms with E-state index in [2.05, 4.69) is 50.0 Å². The Morgan fingerprint density at radius 3 is 2.85 bits per heavy atom. The number of aliphatic hydroxyl groups excluding tert-OH is 1. The molecule has 0 radical (unpaired) electrons. The van der Waals surface area contributed by atoms with Crippen LogP contribution in [0.1, 0.15) is 44.7 Å². The van der Waals surface area contributed by atoms with Crippen molar-refractivity contribution in [3.63, 3.8) is 0 Å². The van der Waals surface area contributed by atoms with Crippen LogP contribution in [0.4, 0.5) is 10.1 Å². The quantitative estimate of drug-likeness (QED) is 0.534. The van der Waals surface area contributed by atoms with E-state index >= 15 is 0 Å². The van der Waals surface area contributed by atoms with E-state index in [1.54, 1.807) is 4.68 Å². The Hall–Kier alpha value is -3.43. The first-order chi connectivity index (χ1) is 16.1. The third-order valence-corrected chi connectivity index (χ3v) is 6.29. The summed E-state index contributed by atoms with van der Waals surface area (Å²) in [4.78, 5) is 21.9. The van der Waals surface area contributed by atoms with Crippen LogP contribution in [0, 0.1) is 5.82 Å². The van der Waals surface area contributed by atoms with E-state index in [1.165, 1.54) is 18.5 Å². The lowest BCUT2D eigenvalue weighted by molar-refractivity contribution is 0.0999. The van der Waals surface area contributed by atoms with E-state index in [9.17, 15) is 14.3 Å². The number of nitrogens with one attached hydrogen (secondary N) is 2. The second-order valence-electron chi connectivity index (χ2n) is 8.30. The summed E-state index contributed by atoms with van der Waals surface area (Å²) < 4.78 is 16.1. The number of Topliss-reactive ketones (excluding diaryl/α,β-unsaturated/α-hetero) is 1. The Morgan fingerprint density at radius 2 is 2.09 bits per heavy atom. The zero-order valence-electron chi connectivity index (χ0n) is 18.3. The van der Waals surface area contributed by atoms with Crippen LogP contribution in [0.2, 0.25) is 0 Å². The number of halogens is 1. The minimum Gasteiger partial charge on any atom is -0.394 e. The second-order valence-corrected chi connectivity index (χ2v) is 8.30. The molecule has 0 amide bonds. The maximum Gasteiger partial charge on any atom is 0.185 e. The standard InChI is InChI=1S/C24H25FN6O2/c1-26-10-14-2-4-15(5-3-14)18-11-27-19-9-16(25)8-17-20(33)12-28-23(21(17)19)22(18)24-29-13-30-31(24)6-7-32/h2-5,8-9,13,18,22,26-27,32H,6-7,10-12H2,1H3. The van der Waals surface area contributed by atoms with Crippen LogP contribution in [0.5, 0.6) is 0 Å². The van der Waals surface area contributed by atoms with Crippen molar-refractivity contribution in [1.82, 2.24) is 20.1 Å². The molecule has 2 aromatic carbocycles. The van der Waals surface area contributed by atoms with E-state index in [0.29, 0.717) is 41.4 Å². The number of hydrogen-bond donors (Lipinski definition) is 3. The van der Waals surface area contributed by atoms with Crippen molar-refractivity contribution in [2.24, 2.45) is 4.99 Å². The summed E-state index contributed by atoms with van der Waals surface area (Å²) in [6.45, 7) is 1.43. The fourth-order valence-electron chi connectivity index (χ4n) is 4.83. The summed E-state index contributed by atoms with van der Waals surface area (Å²) in [6.07, 6.45) is 1.47. The van der Waals surface area contributed by atoms with Crippen LogP contribution >= 0.6 is 0 Å². The van der Waals surface area contributed by atoms with E-state index in [-0.39, 0.29) is 30.8 Å². The number of ketones is 1. The number of carbonyl (C=O) groups is 1. The maximum atomic E-state index is 14.4. The molecule has 0 spiro atoms. The number of nitrogens with zero attached hydrogens (tertiary/aromatic N) is 4. The van der Waals surface area contributed by atoms with Gasteiger partial charge < -0.3 is 15.7 Å². The average molecular weight is 449 g/mol. The van der Waals surface area contributed by atoms with Crippen molar-refractivity contribution in [2.45, 2.75) is 24.9 Å². The van der Waals surface area contributed by atoms with Crippen molar-refractivity contribution in [3.8, 4) is 0 Å². The number of anilines is 1. The van der Waals surface area contributed by atoms with Crippen LogP contribution in [0.3, 0.4) is 0 Å². The molecule has 170 valence electrons. The molecule has 5 rings (SSSR count). The summed E-state index contributed by atoms with van der Waals surface area (Å²) >= 11 is 0. The molecule has 2 unspecified atom stereocenters. The van der Waals surface area contributed by atoms with Gasteiger partial charge in [0, 0.05) is 35.8 Å². The molecule has 0 saturated heterocycles. The number of aliphatic imine (C=N–C) groups is 1. The van der Waals surface area contributed by atoms with Crippen LogP contribution in [-0.2, 0) is 13.1 Å². The average Bonchev–Trinajstić information content (AvgIpc) is 3.19. The summed E-state index contributed by atoms with van der Waals surface area (Å²) in [5.74, 6) is -0.445. The minimum atomic E-state index is -0.458. The smallest absolute Gasteiger partial charge is 0.185 e. The molecule has 8 nitrogen and oxygen atoms in total. The zero-order chi connectivity index (χ0) is 22.9. The lowest BCUT2D eigenvalue weighted by atomic mass is 9.78. The third kappa shape index (κ3) is 3.83. The van der Waals surface area contributed by atoms with Gasteiger partial charge in [-0.05, 0) is 30.3 Å². The lowest BCUT2D eigenvalue weighted by Crippen LogP contribution is -2.30. The Labute approximate surface area is 190 Å². The highest BCUT2D eigenvalue weighted by Gasteiger charge is 2.40. The van der Waals surface area contributed by atoms with Crippen LogP contribution < -0.4 is 10.6 Å². The molecule has 0 aliphatic carbocycles. The highest BCUT2D eigenvalue weighted by molar-refractivity contribution is 6.20. The first kappa shape index (κ1) is 21.4. The molecule has 0 saturated carbocycles. The fraction of sp³-hybridized carbons (Fsp3) is 0.333. The normalized spacial score (nSPS) is 19.5. The topological polar surface area (TPSA) is 104 Å². The van der Waals surface area contributed by atoms with E-state index in [4.69, 9.17) is 0 Å². The first-order valence-electron chi connectivity index (χ1n) is 11.0. The molecule has 3 aromatic rings. The van der Waals surface area contributed by atoms with E-state index < -0.39 is 5.82 Å². The van der Waals surface area contributed by atoms with Gasteiger partial charge in [-0.1, -0.05) is 24.3 Å². The fourth-order valence-corrected chi connectivity index (χ4v) is 4.83. The summed E-state index contributed by atoms with van der Waals surface area (Å²) in [5, 5.41) is 20.4. The first-order valence-corrected chi connectivity index (χ1v) is 11.0. The molecule has 2 aliphatic rings. The Balaban J connectivity index is 1.69. The third-order valence-electron chi connectivity index (χ3n) is 6.29. The highest BCUT2D eigenvalue weighted by atomic mass is 19.1. The van der Waals surface area contributed by atoms with Crippen molar-refractivity contribution >= 4 is 17.2 Å². The van der Waals surface area contributed by atoms with Crippen LogP contribution in [0.15, 0.2) is 47.7 Å². The van der Waals surface area contributed by atoms with Crippen molar-refractivity contribution in [1.29, 1.82) is 0 Å². The SMILES string of the molecule is CNCc1ccc(C2CNc3cc(F)cc4c3C(=NCC4=O)C2c2ncnn2CCO)cc1. The number of benzene rings is 2. The van der Waals surface area contributed by atoms with Gasteiger partial charge in [-0.25, -0.2) is 14.1 Å². The molecule has 2 aliphatic heterocycles. The molecule has 3 N–H and O–H groups in total. The summed E-state index contributed by atoms with van der Waals surface area (Å²) in [5.41, 5.74) is 4.46. The molecule has 2 atom stereocenters.